The first-order chi connectivity index (χ1) is 15.3. The van der Waals surface area contributed by atoms with Gasteiger partial charge < -0.3 is 10.3 Å². The summed E-state index contributed by atoms with van der Waals surface area (Å²) in [6, 6.07) is 4.61. The van der Waals surface area contributed by atoms with Crippen LogP contribution in [-0.4, -0.2) is 40.2 Å². The highest BCUT2D eigenvalue weighted by molar-refractivity contribution is 7.99. The molecule has 2 heterocycles. The van der Waals surface area contributed by atoms with E-state index in [-0.39, 0.29) is 18.2 Å². The maximum Gasteiger partial charge on any atom is 0.211 e. The van der Waals surface area contributed by atoms with E-state index in [0.29, 0.717) is 23.5 Å². The van der Waals surface area contributed by atoms with E-state index in [4.69, 9.17) is 10.7 Å². The van der Waals surface area contributed by atoms with E-state index in [1.54, 1.807) is 11.8 Å². The molecule has 0 aliphatic heterocycles. The number of nitrogens with zero attached hydrogens (tertiary/aromatic N) is 4. The van der Waals surface area contributed by atoms with E-state index >= 15 is 0 Å². The topological polar surface area (TPSA) is 116 Å². The Morgan fingerprint density at radius 2 is 1.97 bits per heavy atom. The molecule has 0 spiro atoms. The molecule has 0 saturated heterocycles. The van der Waals surface area contributed by atoms with Crippen molar-refractivity contribution in [1.82, 2.24) is 24.2 Å². The van der Waals surface area contributed by atoms with Crippen molar-refractivity contribution in [3.05, 3.63) is 35.2 Å². The number of nitrogen functional groups attached to an aromatic ring is 1. The van der Waals surface area contributed by atoms with Gasteiger partial charge in [-0.3, -0.25) is 0 Å². The first-order valence-electron chi connectivity index (χ1n) is 11.0. The maximum atomic E-state index is 12.3. The number of aromatic nitrogens is 4. The van der Waals surface area contributed by atoms with Crippen molar-refractivity contribution >= 4 is 38.8 Å². The Labute approximate surface area is 193 Å². The van der Waals surface area contributed by atoms with Gasteiger partial charge in [-0.15, -0.1) is 0 Å². The normalized spacial score (nSPS) is 13.9. The second kappa shape index (κ2) is 9.36. The van der Waals surface area contributed by atoms with Crippen molar-refractivity contribution in [2.45, 2.75) is 63.1 Å². The highest BCUT2D eigenvalue weighted by Crippen LogP contribution is 2.36. The molecule has 0 saturated carbocycles. The summed E-state index contributed by atoms with van der Waals surface area (Å²) < 4.78 is 29.2. The molecule has 2 aromatic heterocycles. The predicted molar refractivity (Wildman–Crippen MR) is 128 cm³/mol. The van der Waals surface area contributed by atoms with Gasteiger partial charge in [0, 0.05) is 18.0 Å². The Hall–Kier alpha value is -2.17. The monoisotopic (exact) mass is 474 g/mol. The molecular formula is C22H30N6O2S2. The lowest BCUT2D eigenvalue weighted by atomic mass is 10.0. The van der Waals surface area contributed by atoms with Crippen LogP contribution in [0.4, 0.5) is 5.82 Å². The zero-order valence-corrected chi connectivity index (χ0v) is 20.4. The van der Waals surface area contributed by atoms with Crippen molar-refractivity contribution in [3.63, 3.8) is 0 Å². The zero-order chi connectivity index (χ0) is 22.9. The Morgan fingerprint density at radius 1 is 1.22 bits per heavy atom. The molecule has 1 aliphatic carbocycles. The molecule has 10 heteroatoms. The summed E-state index contributed by atoms with van der Waals surface area (Å²) in [6.45, 7) is 6.59. The summed E-state index contributed by atoms with van der Waals surface area (Å²) in [6.07, 6.45) is 5.81. The molecule has 172 valence electrons. The highest BCUT2D eigenvalue weighted by Gasteiger charge is 2.20. The average molecular weight is 475 g/mol. The van der Waals surface area contributed by atoms with Crippen LogP contribution in [0.1, 0.15) is 43.9 Å². The van der Waals surface area contributed by atoms with Gasteiger partial charge in [0.1, 0.15) is 6.33 Å². The first kappa shape index (κ1) is 23.0. The zero-order valence-electron chi connectivity index (χ0n) is 18.8. The number of anilines is 1. The molecule has 1 aliphatic rings. The lowest BCUT2D eigenvalue weighted by Gasteiger charge is -2.13. The summed E-state index contributed by atoms with van der Waals surface area (Å²) in [5, 5.41) is 0.739. The Balaban J connectivity index is 1.65. The van der Waals surface area contributed by atoms with Crippen LogP contribution in [0, 0.1) is 5.92 Å². The van der Waals surface area contributed by atoms with Crippen LogP contribution in [0.15, 0.2) is 28.5 Å². The minimum absolute atomic E-state index is 0.0625. The van der Waals surface area contributed by atoms with Crippen LogP contribution in [0.25, 0.3) is 11.2 Å². The number of nitrogens with two attached hydrogens (primary N) is 1. The van der Waals surface area contributed by atoms with E-state index in [1.807, 2.05) is 18.4 Å². The van der Waals surface area contributed by atoms with Crippen molar-refractivity contribution in [2.24, 2.45) is 5.92 Å². The van der Waals surface area contributed by atoms with E-state index in [1.165, 1.54) is 34.3 Å². The summed E-state index contributed by atoms with van der Waals surface area (Å²) in [7, 11) is -3.33. The smallest absolute Gasteiger partial charge is 0.211 e. The van der Waals surface area contributed by atoms with E-state index < -0.39 is 10.0 Å². The van der Waals surface area contributed by atoms with Crippen molar-refractivity contribution in [3.8, 4) is 0 Å². The Bertz CT molecular complexity index is 1240. The number of imidazole rings is 1. The van der Waals surface area contributed by atoms with Crippen LogP contribution in [0.2, 0.25) is 0 Å². The van der Waals surface area contributed by atoms with Gasteiger partial charge in [-0.05, 0) is 54.4 Å². The van der Waals surface area contributed by atoms with E-state index in [2.05, 4.69) is 33.7 Å². The van der Waals surface area contributed by atoms with E-state index in [0.717, 1.165) is 24.4 Å². The fraction of sp³-hybridized carbons (Fsp3) is 0.500. The minimum atomic E-state index is -3.33. The standard InChI is InChI=1S/C22H30N6O2S2/c1-4-15-10-16-6-5-7-17(16)11-18(15)31-22-27-19-20(23)24-13-25-21(19)28(22)9-8-26-32(29,30)12-14(2)3/h10-11,13-14,26H,4-9,12H2,1-3H3,(H2,23,24,25). The molecule has 0 amide bonds. The molecule has 0 bridgehead atoms. The third-order valence-electron chi connectivity index (χ3n) is 5.59. The molecule has 4 rings (SSSR count). The van der Waals surface area contributed by atoms with Gasteiger partial charge in [-0.25, -0.2) is 28.1 Å². The number of rotatable bonds is 9. The second-order valence-corrected chi connectivity index (χ2v) is 11.4. The molecule has 0 atom stereocenters. The van der Waals surface area contributed by atoms with Gasteiger partial charge in [-0.1, -0.05) is 38.6 Å². The molecule has 3 aromatic rings. The van der Waals surface area contributed by atoms with Gasteiger partial charge >= 0.3 is 0 Å². The van der Waals surface area contributed by atoms with Crippen LogP contribution in [0.3, 0.4) is 0 Å². The number of fused-ring (bicyclic) bond motifs is 2. The molecule has 3 N–H and O–H groups in total. The van der Waals surface area contributed by atoms with Gasteiger partial charge in [0.2, 0.25) is 10.0 Å². The number of hydrogen-bond acceptors (Lipinski definition) is 7. The Morgan fingerprint density at radius 3 is 2.69 bits per heavy atom. The number of hydrogen-bond donors (Lipinski definition) is 2. The maximum absolute atomic E-state index is 12.3. The van der Waals surface area contributed by atoms with Crippen LogP contribution < -0.4 is 10.5 Å². The molecule has 0 fully saturated rings. The Kier molecular flexibility index (Phi) is 6.73. The highest BCUT2D eigenvalue weighted by atomic mass is 32.2. The van der Waals surface area contributed by atoms with Crippen molar-refractivity contribution < 1.29 is 8.42 Å². The summed E-state index contributed by atoms with van der Waals surface area (Å²) in [4.78, 5) is 14.4. The minimum Gasteiger partial charge on any atom is -0.382 e. The third kappa shape index (κ3) is 4.92. The SMILES string of the molecule is CCc1cc2c(cc1Sc1nc3c(N)ncnc3n1CCNS(=O)(=O)CC(C)C)CCC2. The van der Waals surface area contributed by atoms with Gasteiger partial charge in [0.25, 0.3) is 0 Å². The van der Waals surface area contributed by atoms with Crippen molar-refractivity contribution in [2.75, 3.05) is 18.0 Å². The fourth-order valence-corrected chi connectivity index (χ4v) is 6.70. The van der Waals surface area contributed by atoms with Crippen LogP contribution >= 0.6 is 11.8 Å². The van der Waals surface area contributed by atoms with E-state index in [9.17, 15) is 8.42 Å². The number of sulfonamides is 1. The number of aryl methyl sites for hydroxylation is 3. The molecule has 8 nitrogen and oxygen atoms in total. The van der Waals surface area contributed by atoms with Gasteiger partial charge in [0.05, 0.1) is 5.75 Å². The van der Waals surface area contributed by atoms with Crippen LogP contribution in [0.5, 0.6) is 0 Å². The quantitative estimate of drug-likeness (QED) is 0.489. The summed E-state index contributed by atoms with van der Waals surface area (Å²) in [5.74, 6) is 0.483. The second-order valence-electron chi connectivity index (χ2n) is 8.58. The molecule has 0 unspecified atom stereocenters. The summed E-state index contributed by atoms with van der Waals surface area (Å²) >= 11 is 1.59. The van der Waals surface area contributed by atoms with Crippen LogP contribution in [-0.2, 0) is 35.8 Å². The molecule has 0 radical (unpaired) electrons. The van der Waals surface area contributed by atoms with Gasteiger partial charge in [-0.2, -0.15) is 0 Å². The lowest BCUT2D eigenvalue weighted by molar-refractivity contribution is 0.556. The lowest BCUT2D eigenvalue weighted by Crippen LogP contribution is -2.31. The molecule has 32 heavy (non-hydrogen) atoms. The number of nitrogens with one attached hydrogen (secondary N) is 1. The predicted octanol–water partition coefficient (Wildman–Crippen LogP) is 3.19. The summed E-state index contributed by atoms with van der Waals surface area (Å²) in [5.41, 5.74) is 11.4. The van der Waals surface area contributed by atoms with Gasteiger partial charge in [0.15, 0.2) is 22.1 Å². The molecule has 1 aromatic carbocycles. The number of benzene rings is 1. The first-order valence-corrected chi connectivity index (χ1v) is 13.5. The fourth-order valence-electron chi connectivity index (χ4n) is 4.15. The average Bonchev–Trinajstić information content (AvgIpc) is 3.31. The molecular weight excluding hydrogens is 444 g/mol. The largest absolute Gasteiger partial charge is 0.382 e. The third-order valence-corrected chi connectivity index (χ3v) is 8.44. The van der Waals surface area contributed by atoms with Crippen molar-refractivity contribution in [1.29, 1.82) is 0 Å².